The van der Waals surface area contributed by atoms with Gasteiger partial charge >= 0.3 is 5.97 Å². The van der Waals surface area contributed by atoms with E-state index in [9.17, 15) is 9.90 Å². The minimum absolute atomic E-state index is 0.0966. The number of hydrogen-bond donors (Lipinski definition) is 1. The van der Waals surface area contributed by atoms with Gasteiger partial charge in [-0.3, -0.25) is 0 Å². The molecule has 0 radical (unpaired) electrons. The molecule has 1 aliphatic heterocycles. The summed E-state index contributed by atoms with van der Waals surface area (Å²) in [5.74, 6) is 0.00554. The lowest BCUT2D eigenvalue weighted by molar-refractivity contribution is 0.0245. The minimum Gasteiger partial charge on any atom is -0.478 e. The minimum atomic E-state index is -0.909. The van der Waals surface area contributed by atoms with Crippen LogP contribution in [0.25, 0.3) is 11.3 Å². The summed E-state index contributed by atoms with van der Waals surface area (Å²) in [7, 11) is 0. The summed E-state index contributed by atoms with van der Waals surface area (Å²) in [5.41, 5.74) is 4.52. The van der Waals surface area contributed by atoms with E-state index in [0.717, 1.165) is 48.5 Å². The number of aromatic nitrogens is 1. The van der Waals surface area contributed by atoms with Crippen molar-refractivity contribution in [2.45, 2.75) is 52.2 Å². The Morgan fingerprint density at radius 2 is 1.88 bits per heavy atom. The Hall–Kier alpha value is -2.54. The summed E-state index contributed by atoms with van der Waals surface area (Å²) in [5, 5.41) is 14.5. The number of anilines is 1. The van der Waals surface area contributed by atoms with E-state index in [1.165, 1.54) is 0 Å². The molecular formula is C26H28Cl2N2O4. The molecule has 1 fully saturated rings. The molecule has 0 aliphatic carbocycles. The number of halogens is 2. The molecule has 0 saturated carbocycles. The van der Waals surface area contributed by atoms with Crippen molar-refractivity contribution in [3.63, 3.8) is 0 Å². The largest absolute Gasteiger partial charge is 0.478 e. The molecule has 4 rings (SSSR count). The smallest absolute Gasteiger partial charge is 0.335 e. The second-order valence-electron chi connectivity index (χ2n) is 8.93. The van der Waals surface area contributed by atoms with E-state index in [4.69, 9.17) is 32.5 Å². The SMILES string of the molecule is Cc1cc(C(=O)O)ccc1N1CCC(OCc2c(-c3c(Cl)cccc3Cl)noc2C(C)C)CC1. The van der Waals surface area contributed by atoms with Crippen molar-refractivity contribution in [3.8, 4) is 11.3 Å². The standard InChI is InChI=1S/C26H28Cl2N2O4/c1-15(2)25-19(24(29-34-25)23-20(27)5-4-6-21(23)28)14-33-18-9-11-30(12-10-18)22-8-7-17(26(31)32)13-16(22)3/h4-8,13,15,18H,9-12,14H2,1-3H3,(H,31,32). The van der Waals surface area contributed by atoms with E-state index in [1.807, 2.05) is 13.0 Å². The Bertz CT molecular complexity index is 1160. The lowest BCUT2D eigenvalue weighted by atomic mass is 10.0. The van der Waals surface area contributed by atoms with Crippen LogP contribution in [-0.4, -0.2) is 35.4 Å². The van der Waals surface area contributed by atoms with E-state index in [-0.39, 0.29) is 12.0 Å². The van der Waals surface area contributed by atoms with Gasteiger partial charge in [0.25, 0.3) is 0 Å². The highest BCUT2D eigenvalue weighted by atomic mass is 35.5. The fourth-order valence-electron chi connectivity index (χ4n) is 4.44. The number of ether oxygens (including phenoxy) is 1. The first kappa shape index (κ1) is 24.6. The summed E-state index contributed by atoms with van der Waals surface area (Å²) >= 11 is 12.9. The lowest BCUT2D eigenvalue weighted by Crippen LogP contribution is -2.37. The average molecular weight is 503 g/mol. The second-order valence-corrected chi connectivity index (χ2v) is 9.74. The van der Waals surface area contributed by atoms with Gasteiger partial charge in [0.1, 0.15) is 11.5 Å². The van der Waals surface area contributed by atoms with Crippen LogP contribution < -0.4 is 4.90 Å². The Labute approximate surface area is 209 Å². The first-order chi connectivity index (χ1) is 16.3. The number of piperidine rings is 1. The van der Waals surface area contributed by atoms with Gasteiger partial charge in [0, 0.05) is 35.8 Å². The van der Waals surface area contributed by atoms with Crippen LogP contribution in [0, 0.1) is 6.92 Å². The van der Waals surface area contributed by atoms with Crippen LogP contribution in [0.5, 0.6) is 0 Å². The molecule has 8 heteroatoms. The molecule has 0 spiro atoms. The third-order valence-corrected chi connectivity index (χ3v) is 6.86. The van der Waals surface area contributed by atoms with Gasteiger partial charge in [-0.25, -0.2) is 4.79 Å². The molecule has 1 N–H and O–H groups in total. The van der Waals surface area contributed by atoms with Gasteiger partial charge in [0.15, 0.2) is 0 Å². The second kappa shape index (κ2) is 10.4. The average Bonchev–Trinajstić information content (AvgIpc) is 3.21. The predicted molar refractivity (Wildman–Crippen MR) is 134 cm³/mol. The van der Waals surface area contributed by atoms with Crippen LogP contribution in [0.15, 0.2) is 40.9 Å². The van der Waals surface area contributed by atoms with Gasteiger partial charge in [0.05, 0.1) is 28.3 Å². The zero-order chi connectivity index (χ0) is 24.4. The topological polar surface area (TPSA) is 75.8 Å². The van der Waals surface area contributed by atoms with Crippen molar-refractivity contribution in [2.75, 3.05) is 18.0 Å². The number of hydrogen-bond acceptors (Lipinski definition) is 5. The number of carboxylic acid groups (broad SMARTS) is 1. The number of carboxylic acids is 1. The molecule has 1 aliphatic rings. The van der Waals surface area contributed by atoms with E-state index < -0.39 is 5.97 Å². The van der Waals surface area contributed by atoms with E-state index in [0.29, 0.717) is 33.5 Å². The van der Waals surface area contributed by atoms with Crippen molar-refractivity contribution in [2.24, 2.45) is 0 Å². The highest BCUT2D eigenvalue weighted by Crippen LogP contribution is 2.39. The normalized spacial score (nSPS) is 14.7. The Morgan fingerprint density at radius 3 is 2.47 bits per heavy atom. The van der Waals surface area contributed by atoms with Crippen LogP contribution >= 0.6 is 23.2 Å². The fraction of sp³-hybridized carbons (Fsp3) is 0.385. The maximum absolute atomic E-state index is 11.2. The molecule has 180 valence electrons. The fourth-order valence-corrected chi connectivity index (χ4v) is 5.02. The lowest BCUT2D eigenvalue weighted by Gasteiger charge is -2.34. The zero-order valence-electron chi connectivity index (χ0n) is 19.5. The summed E-state index contributed by atoms with van der Waals surface area (Å²) in [4.78, 5) is 13.5. The highest BCUT2D eigenvalue weighted by molar-refractivity contribution is 6.39. The van der Waals surface area contributed by atoms with Crippen LogP contribution in [0.1, 0.15) is 59.9 Å². The first-order valence-electron chi connectivity index (χ1n) is 11.4. The van der Waals surface area contributed by atoms with Gasteiger partial charge in [-0.2, -0.15) is 0 Å². The monoisotopic (exact) mass is 502 g/mol. The number of carbonyl (C=O) groups is 1. The van der Waals surface area contributed by atoms with E-state index >= 15 is 0 Å². The molecular weight excluding hydrogens is 475 g/mol. The molecule has 0 unspecified atom stereocenters. The Morgan fingerprint density at radius 1 is 1.21 bits per heavy atom. The van der Waals surface area contributed by atoms with Crippen LogP contribution in [-0.2, 0) is 11.3 Å². The molecule has 0 bridgehead atoms. The summed E-state index contributed by atoms with van der Waals surface area (Å²) in [6.07, 6.45) is 1.83. The number of aryl methyl sites for hydroxylation is 1. The quantitative estimate of drug-likeness (QED) is 0.376. The molecule has 3 aromatic rings. The van der Waals surface area contributed by atoms with E-state index in [2.05, 4.69) is 23.9 Å². The summed E-state index contributed by atoms with van der Waals surface area (Å²) in [6, 6.07) is 10.7. The summed E-state index contributed by atoms with van der Waals surface area (Å²) < 4.78 is 12.0. The predicted octanol–water partition coefficient (Wildman–Crippen LogP) is 6.96. The van der Waals surface area contributed by atoms with E-state index in [1.54, 1.807) is 30.3 Å². The van der Waals surface area contributed by atoms with Crippen molar-refractivity contribution < 1.29 is 19.2 Å². The molecule has 6 nitrogen and oxygen atoms in total. The van der Waals surface area contributed by atoms with Crippen molar-refractivity contribution in [1.82, 2.24) is 5.16 Å². The first-order valence-corrected chi connectivity index (χ1v) is 12.1. The molecule has 0 atom stereocenters. The van der Waals surface area contributed by atoms with Gasteiger partial charge in [-0.15, -0.1) is 0 Å². The number of benzene rings is 2. The van der Waals surface area contributed by atoms with Gasteiger partial charge in [-0.05, 0) is 55.7 Å². The van der Waals surface area contributed by atoms with Crippen LogP contribution in [0.4, 0.5) is 5.69 Å². The maximum atomic E-state index is 11.2. The molecule has 0 amide bonds. The van der Waals surface area contributed by atoms with Crippen molar-refractivity contribution in [3.05, 3.63) is 68.9 Å². The van der Waals surface area contributed by atoms with Gasteiger partial charge < -0.3 is 19.3 Å². The number of aromatic carboxylic acids is 1. The summed E-state index contributed by atoms with van der Waals surface area (Å²) in [6.45, 7) is 8.09. The molecule has 1 aromatic heterocycles. The molecule has 2 heterocycles. The molecule has 2 aromatic carbocycles. The maximum Gasteiger partial charge on any atom is 0.335 e. The Balaban J connectivity index is 1.45. The van der Waals surface area contributed by atoms with Gasteiger partial charge in [0.2, 0.25) is 0 Å². The molecule has 1 saturated heterocycles. The van der Waals surface area contributed by atoms with Crippen molar-refractivity contribution >= 4 is 34.9 Å². The third-order valence-electron chi connectivity index (χ3n) is 6.23. The highest BCUT2D eigenvalue weighted by Gasteiger charge is 2.26. The van der Waals surface area contributed by atoms with Crippen LogP contribution in [0.2, 0.25) is 10.0 Å². The molecule has 34 heavy (non-hydrogen) atoms. The third kappa shape index (κ3) is 5.09. The van der Waals surface area contributed by atoms with Crippen LogP contribution in [0.3, 0.4) is 0 Å². The zero-order valence-corrected chi connectivity index (χ0v) is 21.0. The van der Waals surface area contributed by atoms with Gasteiger partial charge in [-0.1, -0.05) is 48.3 Å². The number of rotatable bonds is 7. The Kier molecular flexibility index (Phi) is 7.51. The van der Waals surface area contributed by atoms with Crippen molar-refractivity contribution in [1.29, 1.82) is 0 Å². The number of nitrogens with zero attached hydrogens (tertiary/aromatic N) is 2.